The van der Waals surface area contributed by atoms with E-state index in [1.165, 1.54) is 18.7 Å². The van der Waals surface area contributed by atoms with Crippen LogP contribution >= 0.6 is 0 Å². The molecule has 28 heavy (non-hydrogen) atoms. The van der Waals surface area contributed by atoms with Gasteiger partial charge in [0.15, 0.2) is 0 Å². The predicted octanol–water partition coefficient (Wildman–Crippen LogP) is 3.43. The number of nitrogens with one attached hydrogen (secondary N) is 2. The number of anilines is 3. The van der Waals surface area contributed by atoms with E-state index >= 15 is 0 Å². The molecule has 2 N–H and O–H groups in total. The van der Waals surface area contributed by atoms with Crippen LogP contribution in [0.2, 0.25) is 0 Å². The number of para-hydroxylation sites is 2. The number of rotatable bonds is 8. The summed E-state index contributed by atoms with van der Waals surface area (Å²) in [6.45, 7) is 5.43. The minimum atomic E-state index is -0.226. The smallest absolute Gasteiger partial charge is 0.226 e. The lowest BCUT2D eigenvalue weighted by Crippen LogP contribution is -2.32. The van der Waals surface area contributed by atoms with Gasteiger partial charge in [0.1, 0.15) is 5.75 Å². The molecule has 0 heterocycles. The van der Waals surface area contributed by atoms with Gasteiger partial charge in [0, 0.05) is 38.2 Å². The fraction of sp³-hybridized carbons (Fsp3) is 0.286. The highest BCUT2D eigenvalue weighted by atomic mass is 16.5. The summed E-state index contributed by atoms with van der Waals surface area (Å²) >= 11 is 0. The molecule has 7 nitrogen and oxygen atoms in total. The Morgan fingerprint density at radius 2 is 1.75 bits per heavy atom. The Hall–Kier alpha value is -3.35. The van der Waals surface area contributed by atoms with Gasteiger partial charge in [-0.1, -0.05) is 18.2 Å². The molecular weight excluding hydrogens is 358 g/mol. The largest absolute Gasteiger partial charge is 0.492 e. The van der Waals surface area contributed by atoms with Crippen molar-refractivity contribution in [3.8, 4) is 5.75 Å². The van der Waals surface area contributed by atoms with Crippen molar-refractivity contribution in [2.45, 2.75) is 27.2 Å². The quantitative estimate of drug-likeness (QED) is 0.731. The van der Waals surface area contributed by atoms with Crippen LogP contribution in [0.25, 0.3) is 0 Å². The first-order chi connectivity index (χ1) is 13.4. The summed E-state index contributed by atoms with van der Waals surface area (Å²) in [6, 6.07) is 14.1. The highest BCUT2D eigenvalue weighted by Gasteiger charge is 2.15. The molecule has 0 aliphatic rings. The van der Waals surface area contributed by atoms with E-state index in [1.54, 1.807) is 36.4 Å². The van der Waals surface area contributed by atoms with Crippen molar-refractivity contribution in [3.63, 3.8) is 0 Å². The van der Waals surface area contributed by atoms with E-state index in [0.29, 0.717) is 29.4 Å². The Bertz CT molecular complexity index is 851. The van der Waals surface area contributed by atoms with Crippen LogP contribution in [0.3, 0.4) is 0 Å². The SMILES string of the molecule is CCOc1ccccc1NC(=O)CCN(C(C)=O)c1cccc(NC(C)=O)c1. The zero-order chi connectivity index (χ0) is 20.5. The summed E-state index contributed by atoms with van der Waals surface area (Å²) in [5, 5.41) is 5.50. The van der Waals surface area contributed by atoms with Gasteiger partial charge < -0.3 is 20.3 Å². The summed E-state index contributed by atoms with van der Waals surface area (Å²) in [5.41, 5.74) is 1.80. The molecule has 0 saturated carbocycles. The third-order valence-corrected chi connectivity index (χ3v) is 3.88. The number of carbonyl (C=O) groups is 3. The predicted molar refractivity (Wildman–Crippen MR) is 110 cm³/mol. The zero-order valence-electron chi connectivity index (χ0n) is 16.3. The van der Waals surface area contributed by atoms with Crippen molar-refractivity contribution in [2.24, 2.45) is 0 Å². The maximum absolute atomic E-state index is 12.4. The van der Waals surface area contributed by atoms with E-state index in [4.69, 9.17) is 4.74 Å². The minimum Gasteiger partial charge on any atom is -0.492 e. The Kier molecular flexibility index (Phi) is 7.56. The van der Waals surface area contributed by atoms with Gasteiger partial charge in [-0.05, 0) is 37.3 Å². The van der Waals surface area contributed by atoms with Gasteiger partial charge in [0.25, 0.3) is 0 Å². The van der Waals surface area contributed by atoms with Crippen LogP contribution in [0.4, 0.5) is 17.1 Å². The van der Waals surface area contributed by atoms with Gasteiger partial charge >= 0.3 is 0 Å². The number of benzene rings is 2. The van der Waals surface area contributed by atoms with Crippen LogP contribution < -0.4 is 20.3 Å². The molecule has 0 aromatic heterocycles. The standard InChI is InChI=1S/C21H25N3O4/c1-4-28-20-11-6-5-10-19(20)23-21(27)12-13-24(16(3)26)18-9-7-8-17(14-18)22-15(2)25/h5-11,14H,4,12-13H2,1-3H3,(H,22,25)(H,23,27). The Labute approximate surface area is 164 Å². The van der Waals surface area contributed by atoms with Crippen molar-refractivity contribution < 1.29 is 19.1 Å². The first-order valence-electron chi connectivity index (χ1n) is 9.08. The Morgan fingerprint density at radius 1 is 1.00 bits per heavy atom. The Balaban J connectivity index is 2.05. The fourth-order valence-corrected chi connectivity index (χ4v) is 2.70. The number of hydrogen-bond donors (Lipinski definition) is 2. The van der Waals surface area contributed by atoms with Crippen molar-refractivity contribution in [1.82, 2.24) is 0 Å². The number of amides is 3. The summed E-state index contributed by atoms with van der Waals surface area (Å²) < 4.78 is 5.50. The monoisotopic (exact) mass is 383 g/mol. The second-order valence-electron chi connectivity index (χ2n) is 6.13. The van der Waals surface area contributed by atoms with Crippen LogP contribution in [0.1, 0.15) is 27.2 Å². The van der Waals surface area contributed by atoms with Gasteiger partial charge in [-0.15, -0.1) is 0 Å². The molecule has 148 valence electrons. The van der Waals surface area contributed by atoms with Gasteiger partial charge in [-0.3, -0.25) is 14.4 Å². The molecule has 0 saturated heterocycles. The van der Waals surface area contributed by atoms with Crippen LogP contribution in [0.15, 0.2) is 48.5 Å². The molecule has 2 rings (SSSR count). The van der Waals surface area contributed by atoms with Crippen molar-refractivity contribution >= 4 is 34.8 Å². The van der Waals surface area contributed by atoms with E-state index in [2.05, 4.69) is 10.6 Å². The summed E-state index contributed by atoms with van der Waals surface area (Å²) in [4.78, 5) is 37.2. The summed E-state index contributed by atoms with van der Waals surface area (Å²) in [7, 11) is 0. The zero-order valence-corrected chi connectivity index (χ0v) is 16.3. The lowest BCUT2D eigenvalue weighted by Gasteiger charge is -2.22. The Morgan fingerprint density at radius 3 is 2.43 bits per heavy atom. The molecule has 0 fully saturated rings. The summed E-state index contributed by atoms with van der Waals surface area (Å²) in [6.07, 6.45) is 0.115. The van der Waals surface area contributed by atoms with E-state index < -0.39 is 0 Å². The molecule has 0 radical (unpaired) electrons. The van der Waals surface area contributed by atoms with Crippen molar-refractivity contribution in [1.29, 1.82) is 0 Å². The molecule has 0 aliphatic heterocycles. The van der Waals surface area contributed by atoms with E-state index in [0.717, 1.165) is 0 Å². The first-order valence-corrected chi connectivity index (χ1v) is 9.08. The maximum atomic E-state index is 12.4. The second-order valence-corrected chi connectivity index (χ2v) is 6.13. The van der Waals surface area contributed by atoms with Crippen LogP contribution in [0, 0.1) is 0 Å². The van der Waals surface area contributed by atoms with E-state index in [9.17, 15) is 14.4 Å². The van der Waals surface area contributed by atoms with Gasteiger partial charge in [-0.25, -0.2) is 0 Å². The number of nitrogens with zero attached hydrogens (tertiary/aromatic N) is 1. The molecule has 2 aromatic carbocycles. The molecule has 3 amide bonds. The minimum absolute atomic E-state index is 0.115. The molecule has 0 aliphatic carbocycles. The molecule has 7 heteroatoms. The van der Waals surface area contributed by atoms with Crippen molar-refractivity contribution in [2.75, 3.05) is 28.7 Å². The summed E-state index contributed by atoms with van der Waals surface area (Å²) in [5.74, 6) is -0.0115. The highest BCUT2D eigenvalue weighted by molar-refractivity contribution is 5.96. The second kappa shape index (κ2) is 10.1. The number of carbonyl (C=O) groups excluding carboxylic acids is 3. The fourth-order valence-electron chi connectivity index (χ4n) is 2.70. The first kappa shape index (κ1) is 21.0. The van der Waals surface area contributed by atoms with E-state index in [-0.39, 0.29) is 30.7 Å². The third kappa shape index (κ3) is 6.12. The molecule has 0 spiro atoms. The molecule has 2 aromatic rings. The molecular formula is C21H25N3O4. The third-order valence-electron chi connectivity index (χ3n) is 3.88. The molecule has 0 atom stereocenters. The number of hydrogen-bond acceptors (Lipinski definition) is 4. The van der Waals surface area contributed by atoms with Gasteiger partial charge in [0.05, 0.1) is 12.3 Å². The van der Waals surface area contributed by atoms with Gasteiger partial charge in [-0.2, -0.15) is 0 Å². The lowest BCUT2D eigenvalue weighted by atomic mass is 10.2. The normalized spacial score (nSPS) is 10.1. The van der Waals surface area contributed by atoms with Gasteiger partial charge in [0.2, 0.25) is 17.7 Å². The average molecular weight is 383 g/mol. The number of ether oxygens (including phenoxy) is 1. The topological polar surface area (TPSA) is 87.7 Å². The van der Waals surface area contributed by atoms with Crippen LogP contribution in [-0.4, -0.2) is 30.9 Å². The molecule has 0 unspecified atom stereocenters. The van der Waals surface area contributed by atoms with Crippen LogP contribution in [-0.2, 0) is 14.4 Å². The molecule has 0 bridgehead atoms. The highest BCUT2D eigenvalue weighted by Crippen LogP contribution is 2.24. The maximum Gasteiger partial charge on any atom is 0.226 e. The van der Waals surface area contributed by atoms with Crippen LogP contribution in [0.5, 0.6) is 5.75 Å². The lowest BCUT2D eigenvalue weighted by molar-refractivity contribution is -0.117. The van der Waals surface area contributed by atoms with Crippen molar-refractivity contribution in [3.05, 3.63) is 48.5 Å². The average Bonchev–Trinajstić information content (AvgIpc) is 2.63. The van der Waals surface area contributed by atoms with E-state index in [1.807, 2.05) is 19.1 Å².